The van der Waals surface area contributed by atoms with Gasteiger partial charge in [-0.25, -0.2) is 0 Å². The number of nitrogens with zero attached hydrogens (tertiary/aromatic N) is 5. The third kappa shape index (κ3) is 2.85. The fourth-order valence-corrected chi connectivity index (χ4v) is 3.27. The molecule has 0 unspecified atom stereocenters. The fourth-order valence-electron chi connectivity index (χ4n) is 2.37. The molecule has 1 aliphatic heterocycles. The number of nitro benzene ring substituents is 1. The number of hydrogen-bond donors (Lipinski definition) is 0. The maximum atomic E-state index is 11.2. The smallest absolute Gasteiger partial charge is 0.283 e. The Bertz CT molecular complexity index is 666. The van der Waals surface area contributed by atoms with Crippen molar-refractivity contribution in [1.82, 2.24) is 14.8 Å². The van der Waals surface area contributed by atoms with Crippen molar-refractivity contribution in [2.75, 3.05) is 18.0 Å². The van der Waals surface area contributed by atoms with Gasteiger partial charge in [0.25, 0.3) is 5.69 Å². The number of aromatic nitrogens is 3. The molecule has 3 rings (SSSR count). The fraction of sp³-hybridized carbons (Fsp3) is 0.385. The van der Waals surface area contributed by atoms with E-state index in [-0.39, 0.29) is 10.6 Å². The zero-order valence-electron chi connectivity index (χ0n) is 11.6. The lowest BCUT2D eigenvalue weighted by Gasteiger charge is -2.18. The van der Waals surface area contributed by atoms with E-state index in [0.29, 0.717) is 10.1 Å². The summed E-state index contributed by atoms with van der Waals surface area (Å²) in [5, 5.41) is 19.6. The maximum absolute atomic E-state index is 11.2. The summed E-state index contributed by atoms with van der Waals surface area (Å²) in [6.07, 6.45) is 3.92. The molecule has 1 saturated heterocycles. The monoisotopic (exact) mass is 305 g/mol. The molecule has 0 N–H and O–H groups in total. The lowest BCUT2D eigenvalue weighted by atomic mass is 10.2. The molecule has 110 valence electrons. The highest BCUT2D eigenvalue weighted by Gasteiger charge is 2.20. The molecule has 7 nitrogen and oxygen atoms in total. The summed E-state index contributed by atoms with van der Waals surface area (Å²) in [6.45, 7) is 2.01. The summed E-state index contributed by atoms with van der Waals surface area (Å²) in [4.78, 5) is 13.7. The van der Waals surface area contributed by atoms with E-state index in [1.165, 1.54) is 24.6 Å². The molecule has 2 aromatic rings. The normalized spacial score (nSPS) is 14.6. The average molecular weight is 305 g/mol. The van der Waals surface area contributed by atoms with Crippen molar-refractivity contribution in [3.05, 3.63) is 34.6 Å². The second-order valence-electron chi connectivity index (χ2n) is 4.93. The van der Waals surface area contributed by atoms with E-state index in [2.05, 4.69) is 15.1 Å². The lowest BCUT2D eigenvalue weighted by Crippen LogP contribution is -2.17. The van der Waals surface area contributed by atoms with E-state index in [4.69, 9.17) is 0 Å². The molecular formula is C13H15N5O2S. The topological polar surface area (TPSA) is 77.1 Å². The Morgan fingerprint density at radius 2 is 2.10 bits per heavy atom. The molecule has 21 heavy (non-hydrogen) atoms. The van der Waals surface area contributed by atoms with Crippen LogP contribution >= 0.6 is 11.8 Å². The third-order valence-electron chi connectivity index (χ3n) is 3.48. The van der Waals surface area contributed by atoms with Crippen LogP contribution in [0.2, 0.25) is 0 Å². The van der Waals surface area contributed by atoms with Crippen LogP contribution in [0.5, 0.6) is 0 Å². The molecule has 0 radical (unpaired) electrons. The van der Waals surface area contributed by atoms with Crippen LogP contribution in [-0.4, -0.2) is 32.8 Å². The standard InChI is InChI=1S/C13H15N5O2S/c1-16-9-14-15-13(16)21-12-8-10(17-6-2-3-7-17)4-5-11(12)18(19)20/h4-5,8-9H,2-3,6-7H2,1H3. The minimum absolute atomic E-state index is 0.103. The van der Waals surface area contributed by atoms with Crippen LogP contribution in [0, 0.1) is 10.1 Å². The van der Waals surface area contributed by atoms with Gasteiger partial charge < -0.3 is 9.47 Å². The summed E-state index contributed by atoms with van der Waals surface area (Å²) in [5.41, 5.74) is 1.13. The molecule has 1 fully saturated rings. The molecule has 0 aliphatic carbocycles. The van der Waals surface area contributed by atoms with Crippen LogP contribution < -0.4 is 4.90 Å². The molecule has 2 heterocycles. The van der Waals surface area contributed by atoms with Gasteiger partial charge in [-0.3, -0.25) is 10.1 Å². The Kier molecular flexibility index (Phi) is 3.78. The van der Waals surface area contributed by atoms with Crippen LogP contribution in [0.25, 0.3) is 0 Å². The second-order valence-corrected chi connectivity index (χ2v) is 5.94. The molecule has 1 aromatic heterocycles. The molecule has 0 atom stereocenters. The molecule has 1 aromatic carbocycles. The summed E-state index contributed by atoms with van der Waals surface area (Å²) in [7, 11) is 1.82. The Morgan fingerprint density at radius 1 is 1.33 bits per heavy atom. The molecular weight excluding hydrogens is 290 g/mol. The van der Waals surface area contributed by atoms with Crippen molar-refractivity contribution in [2.24, 2.45) is 7.05 Å². The first-order valence-corrected chi connectivity index (χ1v) is 7.52. The number of aryl methyl sites for hydroxylation is 1. The van der Waals surface area contributed by atoms with Crippen molar-refractivity contribution >= 4 is 23.1 Å². The largest absolute Gasteiger partial charge is 0.371 e. The second kappa shape index (κ2) is 5.72. The summed E-state index contributed by atoms with van der Waals surface area (Å²) < 4.78 is 1.75. The van der Waals surface area contributed by atoms with E-state index in [9.17, 15) is 10.1 Å². The van der Waals surface area contributed by atoms with Crippen molar-refractivity contribution in [3.8, 4) is 0 Å². The van der Waals surface area contributed by atoms with E-state index >= 15 is 0 Å². The number of anilines is 1. The number of hydrogen-bond acceptors (Lipinski definition) is 6. The van der Waals surface area contributed by atoms with Crippen LogP contribution in [0.3, 0.4) is 0 Å². The average Bonchev–Trinajstić information content (AvgIpc) is 3.11. The quantitative estimate of drug-likeness (QED) is 0.638. The predicted molar refractivity (Wildman–Crippen MR) is 79.7 cm³/mol. The van der Waals surface area contributed by atoms with Gasteiger partial charge in [-0.2, -0.15) is 0 Å². The number of rotatable bonds is 4. The van der Waals surface area contributed by atoms with Gasteiger partial charge in [0.15, 0.2) is 5.16 Å². The molecule has 8 heteroatoms. The number of benzene rings is 1. The molecule has 0 amide bonds. The minimum Gasteiger partial charge on any atom is -0.371 e. The zero-order valence-corrected chi connectivity index (χ0v) is 12.4. The van der Waals surface area contributed by atoms with Gasteiger partial charge in [0.05, 0.1) is 9.82 Å². The van der Waals surface area contributed by atoms with Crippen LogP contribution in [0.1, 0.15) is 12.8 Å². The van der Waals surface area contributed by atoms with Crippen LogP contribution in [-0.2, 0) is 7.05 Å². The van der Waals surface area contributed by atoms with Crippen molar-refractivity contribution in [1.29, 1.82) is 0 Å². The Morgan fingerprint density at radius 3 is 2.71 bits per heavy atom. The Labute approximate surface area is 126 Å². The Hall–Kier alpha value is -2.09. The highest BCUT2D eigenvalue weighted by atomic mass is 32.2. The van der Waals surface area contributed by atoms with Crippen LogP contribution in [0.15, 0.2) is 34.6 Å². The van der Waals surface area contributed by atoms with Gasteiger partial charge in [-0.1, -0.05) is 0 Å². The minimum atomic E-state index is -0.355. The van der Waals surface area contributed by atoms with E-state index in [1.807, 2.05) is 19.2 Å². The Balaban J connectivity index is 1.96. The zero-order chi connectivity index (χ0) is 14.8. The van der Waals surface area contributed by atoms with Gasteiger partial charge in [-0.15, -0.1) is 10.2 Å². The lowest BCUT2D eigenvalue weighted by molar-refractivity contribution is -0.387. The van der Waals surface area contributed by atoms with Gasteiger partial charge >= 0.3 is 0 Å². The molecule has 1 aliphatic rings. The summed E-state index contributed by atoms with van der Waals surface area (Å²) in [5.74, 6) is 0. The van der Waals surface area contributed by atoms with E-state index in [0.717, 1.165) is 18.8 Å². The number of nitro groups is 1. The summed E-state index contributed by atoms with van der Waals surface area (Å²) >= 11 is 1.27. The third-order valence-corrected chi connectivity index (χ3v) is 4.58. The molecule has 0 saturated carbocycles. The van der Waals surface area contributed by atoms with Gasteiger partial charge in [0.2, 0.25) is 0 Å². The SMILES string of the molecule is Cn1cnnc1Sc1cc(N2CCCC2)ccc1[N+](=O)[O-]. The predicted octanol–water partition coefficient (Wildman–Crippen LogP) is 2.47. The van der Waals surface area contributed by atoms with Crippen molar-refractivity contribution in [2.45, 2.75) is 22.9 Å². The molecule has 0 bridgehead atoms. The van der Waals surface area contributed by atoms with Crippen LogP contribution in [0.4, 0.5) is 11.4 Å². The van der Waals surface area contributed by atoms with Gasteiger partial charge in [-0.05, 0) is 36.7 Å². The highest BCUT2D eigenvalue weighted by Crippen LogP contribution is 2.37. The first-order chi connectivity index (χ1) is 10.1. The highest BCUT2D eigenvalue weighted by molar-refractivity contribution is 7.99. The van der Waals surface area contributed by atoms with Crippen molar-refractivity contribution in [3.63, 3.8) is 0 Å². The maximum Gasteiger partial charge on any atom is 0.283 e. The van der Waals surface area contributed by atoms with Crippen molar-refractivity contribution < 1.29 is 4.92 Å². The van der Waals surface area contributed by atoms with E-state index < -0.39 is 0 Å². The summed E-state index contributed by atoms with van der Waals surface area (Å²) in [6, 6.07) is 5.28. The van der Waals surface area contributed by atoms with Gasteiger partial charge in [0, 0.05) is 31.9 Å². The van der Waals surface area contributed by atoms with Gasteiger partial charge in [0.1, 0.15) is 6.33 Å². The molecule has 0 spiro atoms. The van der Waals surface area contributed by atoms with E-state index in [1.54, 1.807) is 17.0 Å². The first-order valence-electron chi connectivity index (χ1n) is 6.70. The first kappa shape index (κ1) is 13.9.